The summed E-state index contributed by atoms with van der Waals surface area (Å²) in [5.74, 6) is -2.58. The monoisotopic (exact) mass is 529 g/mol. The van der Waals surface area contributed by atoms with Gasteiger partial charge in [-0.2, -0.15) is 13.2 Å². The summed E-state index contributed by atoms with van der Waals surface area (Å²) in [6.45, 7) is -0.470. The lowest BCUT2D eigenvalue weighted by Crippen LogP contribution is -2.11. The zero-order valence-electron chi connectivity index (χ0n) is 16.1. The van der Waals surface area contributed by atoms with Crippen molar-refractivity contribution in [2.75, 3.05) is 11.9 Å². The number of anilines is 1. The summed E-state index contributed by atoms with van der Waals surface area (Å²) in [5, 5.41) is 21.2. The Morgan fingerprint density at radius 2 is 1.81 bits per heavy atom. The number of rotatable bonds is 8. The molecule has 6 nitrogen and oxygen atoms in total. The van der Waals surface area contributed by atoms with Crippen molar-refractivity contribution in [1.29, 1.82) is 0 Å². The molecule has 0 amide bonds. The molecular formula is C21H15BrF3NO5S. The van der Waals surface area contributed by atoms with Crippen LogP contribution in [0.3, 0.4) is 0 Å². The van der Waals surface area contributed by atoms with Gasteiger partial charge in [0, 0.05) is 12.2 Å². The Balaban J connectivity index is 1.84. The first-order valence-electron chi connectivity index (χ1n) is 8.97. The third kappa shape index (κ3) is 5.60. The van der Waals surface area contributed by atoms with Crippen LogP contribution < -0.4 is 10.1 Å². The van der Waals surface area contributed by atoms with Gasteiger partial charge in [0.05, 0.1) is 14.9 Å². The van der Waals surface area contributed by atoms with Gasteiger partial charge >= 0.3 is 18.1 Å². The highest BCUT2D eigenvalue weighted by Crippen LogP contribution is 2.45. The van der Waals surface area contributed by atoms with Crippen LogP contribution in [0.4, 0.5) is 18.9 Å². The summed E-state index contributed by atoms with van der Waals surface area (Å²) in [4.78, 5) is 22.7. The molecular weight excluding hydrogens is 515 g/mol. The summed E-state index contributed by atoms with van der Waals surface area (Å²) in [5.41, 5.74) is 0.928. The predicted molar refractivity (Wildman–Crippen MR) is 116 cm³/mol. The van der Waals surface area contributed by atoms with E-state index in [4.69, 9.17) is 9.84 Å². The normalized spacial score (nSPS) is 11.2. The van der Waals surface area contributed by atoms with Gasteiger partial charge in [-0.1, -0.05) is 24.3 Å². The lowest BCUT2D eigenvalue weighted by molar-refractivity contribution is -0.139. The van der Waals surface area contributed by atoms with E-state index >= 15 is 0 Å². The Kier molecular flexibility index (Phi) is 7.09. The average molecular weight is 530 g/mol. The van der Waals surface area contributed by atoms with E-state index in [1.165, 1.54) is 12.1 Å². The van der Waals surface area contributed by atoms with Crippen molar-refractivity contribution in [3.8, 4) is 16.2 Å². The van der Waals surface area contributed by atoms with Crippen LogP contribution in [-0.2, 0) is 17.5 Å². The Labute approximate surface area is 192 Å². The molecule has 1 aromatic heterocycles. The van der Waals surface area contributed by atoms with Gasteiger partial charge in [0.2, 0.25) is 0 Å². The van der Waals surface area contributed by atoms with Crippen LogP contribution in [0.25, 0.3) is 10.4 Å². The van der Waals surface area contributed by atoms with Crippen molar-refractivity contribution < 1.29 is 37.7 Å². The molecule has 0 aliphatic heterocycles. The number of aromatic carboxylic acids is 1. The number of aliphatic carboxylic acids is 1. The number of ether oxygens (including phenoxy) is 1. The van der Waals surface area contributed by atoms with Gasteiger partial charge in [-0.3, -0.25) is 0 Å². The Bertz CT molecular complexity index is 1160. The number of nitrogens with one attached hydrogen (secondary N) is 1. The molecule has 2 aromatic carbocycles. The van der Waals surface area contributed by atoms with Crippen molar-refractivity contribution in [2.45, 2.75) is 12.7 Å². The van der Waals surface area contributed by atoms with Gasteiger partial charge in [-0.25, -0.2) is 9.59 Å². The van der Waals surface area contributed by atoms with Gasteiger partial charge in [0.15, 0.2) is 17.2 Å². The lowest BCUT2D eigenvalue weighted by Gasteiger charge is -2.11. The highest BCUT2D eigenvalue weighted by molar-refractivity contribution is 9.10. The van der Waals surface area contributed by atoms with Crippen molar-refractivity contribution in [2.24, 2.45) is 0 Å². The van der Waals surface area contributed by atoms with Crippen LogP contribution in [-0.4, -0.2) is 28.8 Å². The van der Waals surface area contributed by atoms with E-state index in [9.17, 15) is 27.9 Å². The summed E-state index contributed by atoms with van der Waals surface area (Å²) >= 11 is 4.21. The number of thiophene rings is 1. The van der Waals surface area contributed by atoms with E-state index < -0.39 is 30.3 Å². The second-order valence-electron chi connectivity index (χ2n) is 6.52. The van der Waals surface area contributed by atoms with Crippen LogP contribution in [0.2, 0.25) is 0 Å². The first-order chi connectivity index (χ1) is 15.1. The van der Waals surface area contributed by atoms with Crippen molar-refractivity contribution in [1.82, 2.24) is 0 Å². The second kappa shape index (κ2) is 9.61. The molecule has 0 spiro atoms. The number of carboxylic acids is 2. The fourth-order valence-corrected chi connectivity index (χ4v) is 4.71. The smallest absolute Gasteiger partial charge is 0.416 e. The Morgan fingerprint density at radius 1 is 1.09 bits per heavy atom. The molecule has 3 rings (SSSR count). The van der Waals surface area contributed by atoms with Crippen LogP contribution in [0.5, 0.6) is 5.75 Å². The third-order valence-corrected chi connectivity index (χ3v) is 6.45. The second-order valence-corrected chi connectivity index (χ2v) is 8.34. The number of carboxylic acid groups (broad SMARTS) is 2. The molecule has 0 saturated heterocycles. The van der Waals surface area contributed by atoms with E-state index in [0.29, 0.717) is 20.6 Å². The molecule has 0 radical (unpaired) electrons. The summed E-state index contributed by atoms with van der Waals surface area (Å²) in [6.07, 6.45) is -4.44. The molecule has 0 fully saturated rings. The zero-order valence-corrected chi connectivity index (χ0v) is 18.5. The zero-order chi connectivity index (χ0) is 23.5. The van der Waals surface area contributed by atoms with Crippen LogP contribution >= 0.6 is 27.3 Å². The van der Waals surface area contributed by atoms with Crippen LogP contribution in [0, 0.1) is 0 Å². The number of halogens is 4. The fourth-order valence-electron chi connectivity index (χ4n) is 2.82. The topological polar surface area (TPSA) is 95.9 Å². The Hall–Kier alpha value is -3.05. The molecule has 1 heterocycles. The highest BCUT2D eigenvalue weighted by atomic mass is 79.9. The van der Waals surface area contributed by atoms with Crippen LogP contribution in [0.1, 0.15) is 20.8 Å². The Morgan fingerprint density at radius 3 is 2.47 bits per heavy atom. The maximum Gasteiger partial charge on any atom is 0.416 e. The molecule has 0 unspecified atom stereocenters. The molecule has 0 atom stereocenters. The van der Waals surface area contributed by atoms with E-state index in [1.54, 1.807) is 24.3 Å². The summed E-state index contributed by atoms with van der Waals surface area (Å²) in [6, 6.07) is 11.8. The molecule has 168 valence electrons. The van der Waals surface area contributed by atoms with Gasteiger partial charge < -0.3 is 20.3 Å². The highest BCUT2D eigenvalue weighted by Gasteiger charge is 2.30. The number of benzene rings is 2. The number of hydrogen-bond donors (Lipinski definition) is 3. The number of alkyl halides is 3. The minimum Gasteiger partial charge on any atom is -0.479 e. The molecule has 0 saturated carbocycles. The largest absolute Gasteiger partial charge is 0.479 e. The van der Waals surface area contributed by atoms with E-state index in [-0.39, 0.29) is 17.2 Å². The summed E-state index contributed by atoms with van der Waals surface area (Å²) in [7, 11) is 0. The van der Waals surface area contributed by atoms with Gasteiger partial charge in [0.1, 0.15) is 0 Å². The van der Waals surface area contributed by atoms with Gasteiger partial charge in [0.25, 0.3) is 0 Å². The molecule has 0 aliphatic rings. The SMILES string of the molecule is O=C(O)COc1c(C(=O)O)sc(-c2cccc(CNc3cccc(C(F)(F)F)c3)c2)c1Br. The first kappa shape index (κ1) is 23.6. The molecule has 0 bridgehead atoms. The van der Waals surface area contributed by atoms with Gasteiger partial charge in [-0.15, -0.1) is 11.3 Å². The molecule has 3 N–H and O–H groups in total. The summed E-state index contributed by atoms with van der Waals surface area (Å²) < 4.78 is 44.1. The minimum atomic E-state index is -4.44. The fraction of sp³-hybridized carbons (Fsp3) is 0.143. The number of carbonyl (C=O) groups is 2. The predicted octanol–water partition coefficient (Wildman–Crippen LogP) is 5.97. The molecule has 3 aromatic rings. The van der Waals surface area contributed by atoms with E-state index in [1.807, 2.05) is 0 Å². The maximum absolute atomic E-state index is 12.9. The van der Waals surface area contributed by atoms with Crippen molar-refractivity contribution >= 4 is 44.9 Å². The number of hydrogen-bond acceptors (Lipinski definition) is 5. The van der Waals surface area contributed by atoms with E-state index in [2.05, 4.69) is 21.2 Å². The molecule has 0 aliphatic carbocycles. The third-order valence-electron chi connectivity index (χ3n) is 4.22. The average Bonchev–Trinajstić information content (AvgIpc) is 3.07. The van der Waals surface area contributed by atoms with Gasteiger partial charge in [-0.05, 0) is 51.3 Å². The molecule has 32 heavy (non-hydrogen) atoms. The quantitative estimate of drug-likeness (QED) is 0.332. The minimum absolute atomic E-state index is 0.0765. The first-order valence-corrected chi connectivity index (χ1v) is 10.6. The van der Waals surface area contributed by atoms with Crippen molar-refractivity contribution in [3.63, 3.8) is 0 Å². The van der Waals surface area contributed by atoms with Crippen molar-refractivity contribution in [3.05, 3.63) is 69.0 Å². The van der Waals surface area contributed by atoms with Crippen LogP contribution in [0.15, 0.2) is 53.0 Å². The lowest BCUT2D eigenvalue weighted by atomic mass is 10.1. The maximum atomic E-state index is 12.9. The standard InChI is InChI=1S/C21H15BrF3NO5S/c22-16-17(31-10-15(27)28)19(20(29)30)32-18(16)12-4-1-3-11(7-12)9-26-14-6-2-5-13(8-14)21(23,24)25/h1-8,26H,9-10H2,(H,27,28)(H,29,30). The van der Waals surface area contributed by atoms with E-state index in [0.717, 1.165) is 29.0 Å². The molecule has 11 heteroatoms.